The molecule has 0 amide bonds. The van der Waals surface area contributed by atoms with Crippen LogP contribution in [0.25, 0.3) is 0 Å². The van der Waals surface area contributed by atoms with Gasteiger partial charge in [0.25, 0.3) is 0 Å². The van der Waals surface area contributed by atoms with Gasteiger partial charge in [-0.3, -0.25) is 0 Å². The molecule has 0 aromatic carbocycles. The maximum absolute atomic E-state index is 9.03. The monoisotopic (exact) mass is 246 g/mol. The maximum Gasteiger partial charge on any atom is 0.0695 e. The van der Waals surface area contributed by atoms with Crippen molar-refractivity contribution < 1.29 is 14.6 Å². The fourth-order valence-corrected chi connectivity index (χ4v) is 2.07. The summed E-state index contributed by atoms with van der Waals surface area (Å²) in [6, 6.07) is 0. The highest BCUT2D eigenvalue weighted by Gasteiger charge is 2.28. The first-order valence-corrected chi connectivity index (χ1v) is 6.81. The Morgan fingerprint density at radius 1 is 1.00 bits per heavy atom. The van der Waals surface area contributed by atoms with Crippen LogP contribution in [0.4, 0.5) is 0 Å². The molecule has 0 aromatic heterocycles. The van der Waals surface area contributed by atoms with Crippen LogP contribution in [0.15, 0.2) is 0 Å². The van der Waals surface area contributed by atoms with E-state index in [0.717, 1.165) is 25.7 Å². The van der Waals surface area contributed by atoms with Crippen LogP contribution in [0, 0.1) is 0 Å². The van der Waals surface area contributed by atoms with Gasteiger partial charge >= 0.3 is 0 Å². The van der Waals surface area contributed by atoms with Crippen molar-refractivity contribution in [1.29, 1.82) is 0 Å². The van der Waals surface area contributed by atoms with Crippen molar-refractivity contribution in [2.75, 3.05) is 20.3 Å². The third kappa shape index (κ3) is 5.36. The van der Waals surface area contributed by atoms with Gasteiger partial charge in [-0.05, 0) is 39.0 Å². The van der Waals surface area contributed by atoms with Gasteiger partial charge in [0, 0.05) is 13.7 Å². The molecule has 0 heterocycles. The largest absolute Gasteiger partial charge is 0.396 e. The zero-order valence-corrected chi connectivity index (χ0v) is 12.2. The summed E-state index contributed by atoms with van der Waals surface area (Å²) in [6.07, 6.45) is 4.55. The van der Waals surface area contributed by atoms with Crippen LogP contribution in [-0.4, -0.2) is 36.6 Å². The Morgan fingerprint density at radius 2 is 1.59 bits per heavy atom. The second-order valence-corrected chi connectivity index (χ2v) is 4.97. The maximum atomic E-state index is 9.03. The normalized spacial score (nSPS) is 15.9. The fraction of sp³-hybridized carbons (Fsp3) is 1.00. The summed E-state index contributed by atoms with van der Waals surface area (Å²) >= 11 is 0. The lowest BCUT2D eigenvalue weighted by Gasteiger charge is -2.33. The number of methoxy groups -OCH3 is 1. The van der Waals surface area contributed by atoms with E-state index < -0.39 is 0 Å². The minimum atomic E-state index is -0.199. The Balaban J connectivity index is 4.18. The van der Waals surface area contributed by atoms with E-state index in [2.05, 4.69) is 27.7 Å². The van der Waals surface area contributed by atoms with Crippen LogP contribution in [-0.2, 0) is 9.47 Å². The predicted octanol–water partition coefficient (Wildman–Crippen LogP) is 3.15. The van der Waals surface area contributed by atoms with E-state index in [9.17, 15) is 0 Å². The SMILES string of the molecule is CCC(C)(CCO)OCCC(CC)(CC)OC. The van der Waals surface area contributed by atoms with Crippen molar-refractivity contribution >= 4 is 0 Å². The first kappa shape index (κ1) is 16.9. The van der Waals surface area contributed by atoms with Crippen LogP contribution >= 0.6 is 0 Å². The minimum Gasteiger partial charge on any atom is -0.396 e. The number of rotatable bonds is 10. The molecule has 0 bridgehead atoms. The van der Waals surface area contributed by atoms with E-state index in [1.165, 1.54) is 0 Å². The summed E-state index contributed by atoms with van der Waals surface area (Å²) < 4.78 is 11.6. The molecule has 0 rings (SSSR count). The van der Waals surface area contributed by atoms with E-state index >= 15 is 0 Å². The lowest BCUT2D eigenvalue weighted by atomic mass is 9.93. The average Bonchev–Trinajstić information content (AvgIpc) is 2.36. The molecule has 0 aliphatic heterocycles. The molecule has 0 fully saturated rings. The smallest absolute Gasteiger partial charge is 0.0695 e. The van der Waals surface area contributed by atoms with Crippen LogP contribution in [0.3, 0.4) is 0 Å². The first-order valence-electron chi connectivity index (χ1n) is 6.81. The van der Waals surface area contributed by atoms with E-state index in [-0.39, 0.29) is 17.8 Å². The molecular formula is C14H30O3. The van der Waals surface area contributed by atoms with Gasteiger partial charge in [0.1, 0.15) is 0 Å². The molecule has 0 aliphatic rings. The van der Waals surface area contributed by atoms with E-state index in [4.69, 9.17) is 14.6 Å². The summed E-state index contributed by atoms with van der Waals surface area (Å²) in [6.45, 7) is 9.34. The molecule has 0 aliphatic carbocycles. The van der Waals surface area contributed by atoms with Crippen molar-refractivity contribution in [2.24, 2.45) is 0 Å². The predicted molar refractivity (Wildman–Crippen MR) is 71.3 cm³/mol. The van der Waals surface area contributed by atoms with Crippen LogP contribution in [0.2, 0.25) is 0 Å². The van der Waals surface area contributed by atoms with Gasteiger partial charge in [0.05, 0.1) is 17.8 Å². The molecule has 0 spiro atoms. The third-order valence-corrected chi connectivity index (χ3v) is 4.12. The molecule has 0 saturated heterocycles. The topological polar surface area (TPSA) is 38.7 Å². The Bertz CT molecular complexity index is 182. The number of hydrogen-bond donors (Lipinski definition) is 1. The van der Waals surface area contributed by atoms with Crippen LogP contribution in [0.5, 0.6) is 0 Å². The number of aliphatic hydroxyl groups excluding tert-OH is 1. The average molecular weight is 246 g/mol. The standard InChI is InChI=1S/C14H30O3/c1-6-13(4,9-11-15)17-12-10-14(7-2,8-3)16-5/h15H,6-12H2,1-5H3. The van der Waals surface area contributed by atoms with Gasteiger partial charge in [-0.15, -0.1) is 0 Å². The minimum absolute atomic E-state index is 0.0478. The summed E-state index contributed by atoms with van der Waals surface area (Å²) in [5.41, 5.74) is -0.246. The third-order valence-electron chi connectivity index (χ3n) is 4.12. The molecule has 0 radical (unpaired) electrons. The highest BCUT2D eigenvalue weighted by Crippen LogP contribution is 2.26. The molecule has 3 nitrogen and oxygen atoms in total. The molecule has 104 valence electrons. The van der Waals surface area contributed by atoms with Gasteiger partial charge < -0.3 is 14.6 Å². The van der Waals surface area contributed by atoms with E-state index in [1.807, 2.05) is 0 Å². The second kappa shape index (κ2) is 8.06. The summed E-state index contributed by atoms with van der Waals surface area (Å²) in [5, 5.41) is 9.03. The highest BCUT2D eigenvalue weighted by atomic mass is 16.5. The zero-order valence-electron chi connectivity index (χ0n) is 12.2. The summed E-state index contributed by atoms with van der Waals surface area (Å²) in [4.78, 5) is 0. The number of ether oxygens (including phenoxy) is 2. The Kier molecular flexibility index (Phi) is 8.01. The first-order chi connectivity index (χ1) is 8.01. The molecule has 17 heavy (non-hydrogen) atoms. The van der Waals surface area contributed by atoms with Gasteiger partial charge in [0.15, 0.2) is 0 Å². The summed E-state index contributed by atoms with van der Waals surface area (Å²) in [5.74, 6) is 0. The molecule has 1 unspecified atom stereocenters. The number of aliphatic hydroxyl groups is 1. The molecule has 1 N–H and O–H groups in total. The molecular weight excluding hydrogens is 216 g/mol. The van der Waals surface area contributed by atoms with Crippen molar-refractivity contribution in [3.05, 3.63) is 0 Å². The molecule has 1 atom stereocenters. The van der Waals surface area contributed by atoms with Crippen molar-refractivity contribution in [3.8, 4) is 0 Å². The Morgan fingerprint density at radius 3 is 1.94 bits per heavy atom. The van der Waals surface area contributed by atoms with Crippen LogP contribution in [0.1, 0.15) is 59.8 Å². The van der Waals surface area contributed by atoms with E-state index in [1.54, 1.807) is 7.11 Å². The van der Waals surface area contributed by atoms with Gasteiger partial charge in [-0.25, -0.2) is 0 Å². The fourth-order valence-electron chi connectivity index (χ4n) is 2.07. The second-order valence-electron chi connectivity index (χ2n) is 4.97. The van der Waals surface area contributed by atoms with Crippen molar-refractivity contribution in [1.82, 2.24) is 0 Å². The van der Waals surface area contributed by atoms with Gasteiger partial charge in [-0.2, -0.15) is 0 Å². The van der Waals surface area contributed by atoms with E-state index in [0.29, 0.717) is 13.0 Å². The lowest BCUT2D eigenvalue weighted by Crippen LogP contribution is -2.35. The van der Waals surface area contributed by atoms with Crippen molar-refractivity contribution in [2.45, 2.75) is 71.0 Å². The Hall–Kier alpha value is -0.120. The van der Waals surface area contributed by atoms with Crippen LogP contribution < -0.4 is 0 Å². The molecule has 0 aromatic rings. The molecule has 0 saturated carbocycles. The quantitative estimate of drug-likeness (QED) is 0.643. The Labute approximate surface area is 107 Å². The van der Waals surface area contributed by atoms with Gasteiger partial charge in [-0.1, -0.05) is 20.8 Å². The highest BCUT2D eigenvalue weighted by molar-refractivity contribution is 4.79. The van der Waals surface area contributed by atoms with Crippen molar-refractivity contribution in [3.63, 3.8) is 0 Å². The number of hydrogen-bond acceptors (Lipinski definition) is 3. The van der Waals surface area contributed by atoms with Gasteiger partial charge in [0.2, 0.25) is 0 Å². The zero-order chi connectivity index (χ0) is 13.4. The summed E-state index contributed by atoms with van der Waals surface area (Å²) in [7, 11) is 1.78. The lowest BCUT2D eigenvalue weighted by molar-refractivity contribution is -0.0889. The molecule has 3 heteroatoms.